The predicted octanol–water partition coefficient (Wildman–Crippen LogP) is 3.33. The van der Waals surface area contributed by atoms with Crippen LogP contribution >= 0.6 is 0 Å². The second-order valence-electron chi connectivity index (χ2n) is 12.7. The highest BCUT2D eigenvalue weighted by atomic mass is 16.2. The van der Waals surface area contributed by atoms with Gasteiger partial charge >= 0.3 is 0 Å². The van der Waals surface area contributed by atoms with E-state index < -0.39 is 16.9 Å². The molecule has 7 rings (SSSR count). The Bertz CT molecular complexity index is 843. The van der Waals surface area contributed by atoms with Crippen molar-refractivity contribution in [1.29, 1.82) is 0 Å². The highest BCUT2D eigenvalue weighted by molar-refractivity contribution is 6.04. The maximum Gasteiger partial charge on any atom is 0.241 e. The van der Waals surface area contributed by atoms with Crippen LogP contribution in [0.4, 0.5) is 0 Å². The van der Waals surface area contributed by atoms with Crippen LogP contribution in [0.1, 0.15) is 96.3 Å². The summed E-state index contributed by atoms with van der Waals surface area (Å²) in [5.74, 6) is 0.437. The molecule has 8 atom stereocenters. The van der Waals surface area contributed by atoms with Gasteiger partial charge in [-0.05, 0) is 63.8 Å². The molecule has 0 aromatic heterocycles. The number of carbonyl (C=O) groups excluding carboxylic acids is 3. The minimum absolute atomic E-state index is 0.0263. The summed E-state index contributed by atoms with van der Waals surface area (Å²) < 4.78 is 0. The van der Waals surface area contributed by atoms with E-state index in [0.717, 1.165) is 96.4 Å². The van der Waals surface area contributed by atoms with Crippen LogP contribution in [-0.4, -0.2) is 52.7 Å². The molecule has 2 amide bonds. The van der Waals surface area contributed by atoms with Gasteiger partial charge in [0.1, 0.15) is 11.3 Å². The summed E-state index contributed by atoms with van der Waals surface area (Å²) in [7, 11) is 0. The maximum atomic E-state index is 14.8. The first-order valence-electron chi connectivity index (χ1n) is 14.5. The van der Waals surface area contributed by atoms with Crippen molar-refractivity contribution in [3.63, 3.8) is 0 Å². The molecule has 4 aliphatic heterocycles. The molecule has 4 heterocycles. The number of hydrogen-bond acceptors (Lipinski definition) is 4. The van der Waals surface area contributed by atoms with Gasteiger partial charge in [-0.3, -0.25) is 19.3 Å². The quantitative estimate of drug-likeness (QED) is 0.653. The Morgan fingerprint density at radius 1 is 0.706 bits per heavy atom. The van der Waals surface area contributed by atoms with E-state index in [1.807, 2.05) is 0 Å². The van der Waals surface area contributed by atoms with Gasteiger partial charge in [0.05, 0.1) is 11.3 Å². The molecular formula is C28H41N3O3. The van der Waals surface area contributed by atoms with Crippen molar-refractivity contribution in [3.05, 3.63) is 0 Å². The molecule has 6 heteroatoms. The molecule has 2 spiro atoms. The van der Waals surface area contributed by atoms with Gasteiger partial charge in [-0.25, -0.2) is 0 Å². The Morgan fingerprint density at radius 2 is 1.32 bits per heavy atom. The van der Waals surface area contributed by atoms with Crippen LogP contribution in [0.3, 0.4) is 0 Å². The van der Waals surface area contributed by atoms with Crippen molar-refractivity contribution in [3.8, 4) is 0 Å². The molecule has 0 radical (unpaired) electrons. The van der Waals surface area contributed by atoms with Crippen LogP contribution in [-0.2, 0) is 14.4 Å². The third kappa shape index (κ3) is 2.54. The molecule has 186 valence electrons. The zero-order valence-electron chi connectivity index (χ0n) is 20.5. The number of rotatable bonds is 2. The standard InChI is InChI=1S/C28H41N3O3/c32-23(17-9-2-1-3-10-17)24-27(18-11-4-6-13-20(18)29-25(27)33)22-15-8-16-31(22)28(24)19-12-5-7-14-21(19)30-26(28)34/h17-22,24H,1-16H2,(H,29,33)(H,30,34)/t18?,19?,20?,21?,22-,24-,27+,28+/m0/s1. The monoisotopic (exact) mass is 467 g/mol. The molecule has 3 aliphatic carbocycles. The number of amides is 2. The van der Waals surface area contributed by atoms with Gasteiger partial charge in [0.25, 0.3) is 0 Å². The Kier molecular flexibility index (Phi) is 4.99. The third-order valence-electron chi connectivity index (χ3n) is 11.6. The molecule has 0 aromatic carbocycles. The fourth-order valence-corrected chi connectivity index (χ4v) is 10.6. The molecule has 4 saturated heterocycles. The first-order chi connectivity index (χ1) is 16.6. The lowest BCUT2D eigenvalue weighted by molar-refractivity contribution is -0.149. The van der Waals surface area contributed by atoms with Crippen molar-refractivity contribution < 1.29 is 14.4 Å². The second-order valence-corrected chi connectivity index (χ2v) is 12.7. The topological polar surface area (TPSA) is 78.5 Å². The van der Waals surface area contributed by atoms with Crippen LogP contribution in [0.2, 0.25) is 0 Å². The number of hydrogen-bond donors (Lipinski definition) is 2. The fraction of sp³-hybridized carbons (Fsp3) is 0.893. The van der Waals surface area contributed by atoms with Gasteiger partial charge in [0, 0.05) is 30.0 Å². The molecule has 34 heavy (non-hydrogen) atoms. The van der Waals surface area contributed by atoms with E-state index in [4.69, 9.17) is 0 Å². The maximum absolute atomic E-state index is 14.8. The van der Waals surface area contributed by atoms with Gasteiger partial charge in [-0.2, -0.15) is 0 Å². The summed E-state index contributed by atoms with van der Waals surface area (Å²) in [6.07, 6.45) is 15.9. The van der Waals surface area contributed by atoms with Crippen molar-refractivity contribution in [2.45, 2.75) is 120 Å². The smallest absolute Gasteiger partial charge is 0.241 e. The van der Waals surface area contributed by atoms with Crippen molar-refractivity contribution in [2.24, 2.45) is 29.1 Å². The van der Waals surface area contributed by atoms with Crippen LogP contribution < -0.4 is 10.6 Å². The first kappa shape index (κ1) is 21.8. The summed E-state index contributed by atoms with van der Waals surface area (Å²) in [4.78, 5) is 45.8. The number of nitrogens with one attached hydrogen (secondary N) is 2. The molecule has 7 fully saturated rings. The van der Waals surface area contributed by atoms with Gasteiger partial charge < -0.3 is 10.6 Å². The highest BCUT2D eigenvalue weighted by Crippen LogP contribution is 2.67. The van der Waals surface area contributed by atoms with Crippen LogP contribution in [0.15, 0.2) is 0 Å². The van der Waals surface area contributed by atoms with E-state index in [-0.39, 0.29) is 53.5 Å². The van der Waals surface area contributed by atoms with E-state index in [1.165, 1.54) is 6.42 Å². The molecular weight excluding hydrogens is 426 g/mol. The number of nitrogens with zero attached hydrogens (tertiary/aromatic N) is 1. The Balaban J connectivity index is 1.44. The number of ketones is 1. The van der Waals surface area contributed by atoms with E-state index in [9.17, 15) is 14.4 Å². The van der Waals surface area contributed by atoms with E-state index in [0.29, 0.717) is 0 Å². The van der Waals surface area contributed by atoms with Crippen molar-refractivity contribution in [1.82, 2.24) is 15.5 Å². The summed E-state index contributed by atoms with van der Waals surface area (Å²) >= 11 is 0. The predicted molar refractivity (Wildman–Crippen MR) is 128 cm³/mol. The van der Waals surface area contributed by atoms with Crippen molar-refractivity contribution >= 4 is 17.6 Å². The summed E-state index contributed by atoms with van der Waals surface area (Å²) in [6, 6.07) is 0.405. The average molecular weight is 468 g/mol. The van der Waals surface area contributed by atoms with E-state index >= 15 is 0 Å². The van der Waals surface area contributed by atoms with Gasteiger partial charge in [0.2, 0.25) is 11.8 Å². The third-order valence-corrected chi connectivity index (χ3v) is 11.6. The Morgan fingerprint density at radius 3 is 2.09 bits per heavy atom. The minimum Gasteiger partial charge on any atom is -0.352 e. The van der Waals surface area contributed by atoms with Gasteiger partial charge in [0.15, 0.2) is 0 Å². The Hall–Kier alpha value is -1.43. The number of fused-ring (bicyclic) bond motifs is 7. The second kappa shape index (κ2) is 7.78. The molecule has 7 aliphatic rings. The minimum atomic E-state index is -0.801. The fourth-order valence-electron chi connectivity index (χ4n) is 10.6. The first-order valence-corrected chi connectivity index (χ1v) is 14.5. The molecule has 2 N–H and O–H groups in total. The summed E-state index contributed by atoms with van der Waals surface area (Å²) in [5, 5.41) is 6.85. The normalized spacial score (nSPS) is 48.6. The van der Waals surface area contributed by atoms with E-state index in [1.54, 1.807) is 0 Å². The van der Waals surface area contributed by atoms with Crippen LogP contribution in [0, 0.1) is 29.1 Å². The van der Waals surface area contributed by atoms with Crippen LogP contribution in [0.25, 0.3) is 0 Å². The summed E-state index contributed by atoms with van der Waals surface area (Å²) in [6.45, 7) is 0.863. The molecule has 6 nitrogen and oxygen atoms in total. The lowest BCUT2D eigenvalue weighted by Gasteiger charge is -2.46. The average Bonchev–Trinajstić information content (AvgIpc) is 3.58. The zero-order valence-corrected chi connectivity index (χ0v) is 20.5. The zero-order chi connectivity index (χ0) is 23.1. The Labute approximate surface area is 203 Å². The highest BCUT2D eigenvalue weighted by Gasteiger charge is 2.82. The van der Waals surface area contributed by atoms with Gasteiger partial charge in [-0.1, -0.05) is 44.9 Å². The molecule has 0 bridgehead atoms. The molecule has 4 unspecified atom stereocenters. The number of Topliss-reactive ketones (excluding diaryl/α,β-unsaturated/α-hetero) is 1. The SMILES string of the molecule is O=C(C1CCCCC1)[C@H]1[C@]2(C(=O)NC3CCCCC32)[C@@H]2CCCN2[C@@]12C(=O)NC1CCCCC12. The lowest BCUT2D eigenvalue weighted by Crippen LogP contribution is -2.62. The largest absolute Gasteiger partial charge is 0.352 e. The van der Waals surface area contributed by atoms with Crippen molar-refractivity contribution in [2.75, 3.05) is 6.54 Å². The molecule has 0 aromatic rings. The number of carbonyl (C=O) groups is 3. The van der Waals surface area contributed by atoms with E-state index in [2.05, 4.69) is 15.5 Å². The summed E-state index contributed by atoms with van der Waals surface area (Å²) in [5.41, 5.74) is -1.51. The van der Waals surface area contributed by atoms with Gasteiger partial charge in [-0.15, -0.1) is 0 Å². The lowest BCUT2D eigenvalue weighted by atomic mass is 9.53. The van der Waals surface area contributed by atoms with Crippen LogP contribution in [0.5, 0.6) is 0 Å². The molecule has 3 saturated carbocycles.